The maximum atomic E-state index is 5.97. The summed E-state index contributed by atoms with van der Waals surface area (Å²) < 4.78 is 1.93. The Morgan fingerprint density at radius 1 is 1.50 bits per heavy atom. The van der Waals surface area contributed by atoms with Gasteiger partial charge >= 0.3 is 0 Å². The molecule has 2 N–H and O–H groups in total. The summed E-state index contributed by atoms with van der Waals surface area (Å²) in [7, 11) is 0. The number of aryl methyl sites for hydroxylation is 1. The fourth-order valence-electron chi connectivity index (χ4n) is 1.55. The number of nitrogens with zero attached hydrogens (tertiary/aromatic N) is 3. The van der Waals surface area contributed by atoms with Gasteiger partial charge in [0, 0.05) is 19.0 Å². The summed E-state index contributed by atoms with van der Waals surface area (Å²) in [4.78, 5) is 4.24. The molecule has 0 aliphatic carbocycles. The molecule has 14 heavy (non-hydrogen) atoms. The van der Waals surface area contributed by atoms with Crippen molar-refractivity contribution in [2.75, 3.05) is 0 Å². The highest BCUT2D eigenvalue weighted by Gasteiger charge is 2.14. The lowest BCUT2D eigenvalue weighted by Crippen LogP contribution is -2.29. The van der Waals surface area contributed by atoms with Gasteiger partial charge in [0.05, 0.1) is 0 Å². The Balaban J connectivity index is 2.59. The molecule has 0 saturated carbocycles. The molecule has 0 aliphatic rings. The number of hydrogen-bond donors (Lipinski definition) is 1. The molecule has 0 saturated heterocycles. The van der Waals surface area contributed by atoms with E-state index >= 15 is 0 Å². The van der Waals surface area contributed by atoms with Crippen LogP contribution in [0.4, 0.5) is 0 Å². The van der Waals surface area contributed by atoms with Gasteiger partial charge in [0.2, 0.25) is 0 Å². The van der Waals surface area contributed by atoms with E-state index in [2.05, 4.69) is 30.9 Å². The average molecular weight is 196 g/mol. The largest absolute Gasteiger partial charge is 0.327 e. The minimum atomic E-state index is 0.261. The van der Waals surface area contributed by atoms with E-state index in [1.807, 2.05) is 4.68 Å². The quantitative estimate of drug-likeness (QED) is 0.770. The molecule has 0 amide bonds. The van der Waals surface area contributed by atoms with Gasteiger partial charge in [0.1, 0.15) is 12.2 Å². The van der Waals surface area contributed by atoms with Gasteiger partial charge in [0.15, 0.2) is 0 Å². The van der Waals surface area contributed by atoms with Crippen molar-refractivity contribution in [3.63, 3.8) is 0 Å². The first-order valence-electron chi connectivity index (χ1n) is 5.31. The molecule has 1 aromatic rings. The van der Waals surface area contributed by atoms with Gasteiger partial charge < -0.3 is 5.73 Å². The van der Waals surface area contributed by atoms with Crippen molar-refractivity contribution in [3.8, 4) is 0 Å². The highest BCUT2D eigenvalue weighted by Crippen LogP contribution is 2.10. The molecule has 0 aromatic carbocycles. The minimum absolute atomic E-state index is 0.261. The Bertz CT molecular complexity index is 269. The normalized spacial score (nSPS) is 15.4. The van der Waals surface area contributed by atoms with Crippen LogP contribution in [0.1, 0.15) is 33.0 Å². The van der Waals surface area contributed by atoms with Crippen LogP contribution in [-0.4, -0.2) is 20.8 Å². The third-order valence-electron chi connectivity index (χ3n) is 2.70. The monoisotopic (exact) mass is 196 g/mol. The van der Waals surface area contributed by atoms with Gasteiger partial charge in [-0.25, -0.2) is 4.98 Å². The smallest absolute Gasteiger partial charge is 0.138 e. The van der Waals surface area contributed by atoms with Crippen LogP contribution in [0.15, 0.2) is 6.33 Å². The fraction of sp³-hybridized carbons (Fsp3) is 0.800. The third kappa shape index (κ3) is 2.54. The van der Waals surface area contributed by atoms with E-state index in [1.165, 1.54) is 0 Å². The van der Waals surface area contributed by atoms with Crippen LogP contribution >= 0.6 is 0 Å². The van der Waals surface area contributed by atoms with Gasteiger partial charge in [-0.05, 0) is 19.3 Å². The molecule has 0 spiro atoms. The highest BCUT2D eigenvalue weighted by atomic mass is 15.3. The first-order valence-corrected chi connectivity index (χ1v) is 5.31. The summed E-state index contributed by atoms with van der Waals surface area (Å²) in [5, 5.41) is 4.14. The van der Waals surface area contributed by atoms with Crippen LogP contribution < -0.4 is 5.73 Å². The summed E-state index contributed by atoms with van der Waals surface area (Å²) in [5.74, 6) is 1.51. The summed E-state index contributed by atoms with van der Waals surface area (Å²) in [5.41, 5.74) is 5.97. The van der Waals surface area contributed by atoms with Crippen LogP contribution in [-0.2, 0) is 13.0 Å². The molecule has 0 aliphatic heterocycles. The summed E-state index contributed by atoms with van der Waals surface area (Å²) >= 11 is 0. The summed E-state index contributed by atoms with van der Waals surface area (Å²) in [6.45, 7) is 7.24. The zero-order valence-corrected chi connectivity index (χ0v) is 9.27. The molecular weight excluding hydrogens is 176 g/mol. The maximum absolute atomic E-state index is 5.97. The molecule has 0 radical (unpaired) electrons. The van der Waals surface area contributed by atoms with Crippen molar-refractivity contribution >= 4 is 0 Å². The van der Waals surface area contributed by atoms with Gasteiger partial charge in [-0.2, -0.15) is 5.10 Å². The molecule has 4 heteroatoms. The first kappa shape index (κ1) is 11.2. The van der Waals surface area contributed by atoms with Gasteiger partial charge in [-0.15, -0.1) is 0 Å². The second-order valence-corrected chi connectivity index (χ2v) is 3.75. The van der Waals surface area contributed by atoms with Gasteiger partial charge in [-0.3, -0.25) is 4.68 Å². The summed E-state index contributed by atoms with van der Waals surface area (Å²) in [6.07, 6.45) is 3.55. The predicted octanol–water partition coefficient (Wildman–Crippen LogP) is 1.21. The van der Waals surface area contributed by atoms with Crippen LogP contribution in [0.3, 0.4) is 0 Å². The first-order chi connectivity index (χ1) is 6.69. The van der Waals surface area contributed by atoms with Crippen LogP contribution in [0.5, 0.6) is 0 Å². The molecule has 1 heterocycles. The Morgan fingerprint density at radius 3 is 2.79 bits per heavy atom. The Kier molecular flexibility index (Phi) is 4.07. The van der Waals surface area contributed by atoms with Crippen LogP contribution in [0.2, 0.25) is 0 Å². The molecule has 0 bridgehead atoms. The Hall–Kier alpha value is -0.900. The Morgan fingerprint density at radius 2 is 2.21 bits per heavy atom. The van der Waals surface area contributed by atoms with Gasteiger partial charge in [-0.1, -0.05) is 13.8 Å². The minimum Gasteiger partial charge on any atom is -0.327 e. The average Bonchev–Trinajstić information content (AvgIpc) is 2.63. The zero-order valence-electron chi connectivity index (χ0n) is 9.27. The van der Waals surface area contributed by atoms with Crippen molar-refractivity contribution in [1.29, 1.82) is 0 Å². The van der Waals surface area contributed by atoms with E-state index in [0.717, 1.165) is 25.2 Å². The summed E-state index contributed by atoms with van der Waals surface area (Å²) in [6, 6.07) is 0.261. The lowest BCUT2D eigenvalue weighted by molar-refractivity contribution is 0.423. The van der Waals surface area contributed by atoms with E-state index in [-0.39, 0.29) is 6.04 Å². The third-order valence-corrected chi connectivity index (χ3v) is 2.70. The van der Waals surface area contributed by atoms with Crippen molar-refractivity contribution in [3.05, 3.63) is 12.2 Å². The lowest BCUT2D eigenvalue weighted by atomic mass is 9.97. The van der Waals surface area contributed by atoms with Crippen molar-refractivity contribution in [2.24, 2.45) is 11.7 Å². The number of nitrogens with two attached hydrogens (primary N) is 1. The molecule has 1 aromatic heterocycles. The molecule has 0 fully saturated rings. The standard InChI is InChI=1S/C10H20N4/c1-4-9(11)8(3)6-10-12-7-13-14(10)5-2/h7-9H,4-6,11H2,1-3H3. The molecular formula is C10H20N4. The Labute approximate surface area is 85.5 Å². The maximum Gasteiger partial charge on any atom is 0.138 e. The number of aromatic nitrogens is 3. The molecule has 2 atom stereocenters. The second-order valence-electron chi connectivity index (χ2n) is 3.75. The molecule has 4 nitrogen and oxygen atoms in total. The molecule has 80 valence electrons. The zero-order chi connectivity index (χ0) is 10.6. The van der Waals surface area contributed by atoms with Crippen LogP contribution in [0.25, 0.3) is 0 Å². The van der Waals surface area contributed by atoms with E-state index in [9.17, 15) is 0 Å². The second kappa shape index (κ2) is 5.10. The predicted molar refractivity (Wildman–Crippen MR) is 56.8 cm³/mol. The lowest BCUT2D eigenvalue weighted by Gasteiger charge is -2.17. The van der Waals surface area contributed by atoms with Crippen molar-refractivity contribution in [1.82, 2.24) is 14.8 Å². The van der Waals surface area contributed by atoms with Crippen molar-refractivity contribution in [2.45, 2.75) is 46.2 Å². The van der Waals surface area contributed by atoms with E-state index < -0.39 is 0 Å². The van der Waals surface area contributed by atoms with Gasteiger partial charge in [0.25, 0.3) is 0 Å². The highest BCUT2D eigenvalue weighted by molar-refractivity contribution is 4.88. The van der Waals surface area contributed by atoms with Crippen molar-refractivity contribution < 1.29 is 0 Å². The van der Waals surface area contributed by atoms with E-state index in [0.29, 0.717) is 5.92 Å². The SMILES string of the molecule is CCC(N)C(C)Cc1ncnn1CC. The van der Waals surface area contributed by atoms with E-state index in [1.54, 1.807) is 6.33 Å². The fourth-order valence-corrected chi connectivity index (χ4v) is 1.55. The van der Waals surface area contributed by atoms with Crippen LogP contribution in [0, 0.1) is 5.92 Å². The van der Waals surface area contributed by atoms with E-state index in [4.69, 9.17) is 5.73 Å². The molecule has 1 rings (SSSR count). The molecule has 2 unspecified atom stereocenters. The topological polar surface area (TPSA) is 56.7 Å². The number of hydrogen-bond acceptors (Lipinski definition) is 3. The number of rotatable bonds is 5.